The number of benzene rings is 3. The summed E-state index contributed by atoms with van der Waals surface area (Å²) in [7, 11) is 3.98. The molecule has 7 heterocycles. The second-order valence-electron chi connectivity index (χ2n) is 19.2. The topological polar surface area (TPSA) is 142 Å². The SMILES string of the molecule is C.CC1=NC2C=CC(c3ccc4nc(C5CCN(C)CC5)[nH]c(=O)c4c3)=CC2S1.CN1CCC(c2nc3ccc(Br)cc3c(=O)[nH]2)CC1.Cc1nc2ccc(B3OC(C)(C)C(C)(C)O3)cc2s1. The van der Waals surface area contributed by atoms with E-state index in [0.717, 1.165) is 111 Å². The number of thioether (sulfide) groups is 1. The lowest BCUT2D eigenvalue weighted by molar-refractivity contribution is 0.00578. The van der Waals surface area contributed by atoms with E-state index in [2.05, 4.69) is 130 Å². The molecule has 12 nitrogen and oxygen atoms in total. The molecule has 5 aliphatic rings. The van der Waals surface area contributed by atoms with E-state index in [4.69, 9.17) is 14.3 Å². The molecule has 3 aromatic heterocycles. The Morgan fingerprint density at radius 1 is 0.746 bits per heavy atom. The molecule has 2 atom stereocenters. The number of piperidine rings is 2. The zero-order valence-electron chi connectivity index (χ0n) is 39.0. The van der Waals surface area contributed by atoms with Crippen LogP contribution in [0.25, 0.3) is 37.6 Å². The molecule has 0 amide bonds. The first-order valence-corrected chi connectivity index (χ1v) is 25.4. The van der Waals surface area contributed by atoms with E-state index in [1.807, 2.05) is 61.2 Å². The molecule has 4 aliphatic heterocycles. The third-order valence-corrected chi connectivity index (χ3v) is 16.3. The number of thiazole rings is 1. The van der Waals surface area contributed by atoms with Crippen molar-refractivity contribution in [3.63, 3.8) is 0 Å². The van der Waals surface area contributed by atoms with Gasteiger partial charge in [0, 0.05) is 16.3 Å². The van der Waals surface area contributed by atoms with Gasteiger partial charge >= 0.3 is 7.12 Å². The number of likely N-dealkylation sites (tertiary alicyclic amines) is 2. The Morgan fingerprint density at radius 3 is 1.90 bits per heavy atom. The van der Waals surface area contributed by atoms with Crippen LogP contribution in [0.15, 0.2) is 91.9 Å². The minimum absolute atomic E-state index is 0. The maximum absolute atomic E-state index is 12.8. The molecule has 0 bridgehead atoms. The van der Waals surface area contributed by atoms with Crippen LogP contribution in [0.3, 0.4) is 0 Å². The van der Waals surface area contributed by atoms with Crippen molar-refractivity contribution in [1.82, 2.24) is 34.7 Å². The molecule has 0 spiro atoms. The molecular weight excluding hydrogens is 943 g/mol. The Hall–Kier alpha value is -4.29. The predicted molar refractivity (Wildman–Crippen MR) is 284 cm³/mol. The molecule has 352 valence electrons. The monoisotopic (exact) mass is 1000 g/mol. The molecule has 67 heavy (non-hydrogen) atoms. The zero-order chi connectivity index (χ0) is 46.5. The van der Waals surface area contributed by atoms with E-state index in [1.165, 1.54) is 4.70 Å². The number of H-pyrrole nitrogens is 2. The van der Waals surface area contributed by atoms with Gasteiger partial charge in [0.15, 0.2) is 0 Å². The number of aromatic nitrogens is 5. The Morgan fingerprint density at radius 2 is 1.30 bits per heavy atom. The standard InChI is InChI=1S/C22H24N4OS.C14H18BNO2S.C14H16BrN3O.CH4/c1-13-23-19-6-4-16(12-20(19)28-13)15-3-5-18-17(11-15)22(27)25-21(24-18)14-7-9-26(2)10-8-14;1-9-16-11-7-6-10(8-12(11)19-9)15-17-13(2,3)14(4,5)18-15;1-18-6-4-9(5-7-18)13-16-12-3-2-10(15)8-11(12)14(19)17-13;/h3-6,11-12,14,19-20H,7-10H2,1-2H3,(H,24,25,27);6-8H,1-5H3;2-3,8-9H,4-7H2,1H3,(H,16,17,19);1H4. The summed E-state index contributed by atoms with van der Waals surface area (Å²) in [6.45, 7) is 16.6. The fourth-order valence-corrected chi connectivity index (χ4v) is 11.4. The molecule has 2 unspecified atom stereocenters. The molecule has 0 radical (unpaired) electrons. The van der Waals surface area contributed by atoms with Gasteiger partial charge in [-0.3, -0.25) is 14.6 Å². The van der Waals surface area contributed by atoms with Crippen LogP contribution in [-0.4, -0.2) is 110 Å². The molecular formula is C51H62BBrN8O4S2. The zero-order valence-corrected chi connectivity index (χ0v) is 42.2. The largest absolute Gasteiger partial charge is 0.494 e. The summed E-state index contributed by atoms with van der Waals surface area (Å²) in [4.78, 5) is 54.1. The van der Waals surface area contributed by atoms with Crippen LogP contribution in [0.4, 0.5) is 0 Å². The van der Waals surface area contributed by atoms with Crippen molar-refractivity contribution >= 4 is 94.2 Å². The Bertz CT molecular complexity index is 2990. The first-order chi connectivity index (χ1) is 31.5. The summed E-state index contributed by atoms with van der Waals surface area (Å²) in [5.74, 6) is 2.40. The van der Waals surface area contributed by atoms with Crippen molar-refractivity contribution in [2.45, 2.75) is 109 Å². The summed E-state index contributed by atoms with van der Waals surface area (Å²) in [5, 5.41) is 3.89. The van der Waals surface area contributed by atoms with Crippen LogP contribution < -0.4 is 16.6 Å². The second-order valence-corrected chi connectivity index (χ2v) is 22.7. The number of hydrogen-bond acceptors (Lipinski definition) is 12. The number of aryl methyl sites for hydroxylation is 1. The molecule has 3 saturated heterocycles. The van der Waals surface area contributed by atoms with Gasteiger partial charge in [-0.2, -0.15) is 0 Å². The number of fused-ring (bicyclic) bond motifs is 4. The normalized spacial score (nSPS) is 21.8. The van der Waals surface area contributed by atoms with E-state index in [0.29, 0.717) is 27.9 Å². The number of nitrogens with zero attached hydrogens (tertiary/aromatic N) is 6. The highest BCUT2D eigenvalue weighted by Gasteiger charge is 2.51. The Labute approximate surface area is 410 Å². The summed E-state index contributed by atoms with van der Waals surface area (Å²) in [6.07, 6.45) is 10.8. The summed E-state index contributed by atoms with van der Waals surface area (Å²) in [5.41, 5.74) is 5.22. The molecule has 16 heteroatoms. The highest BCUT2D eigenvalue weighted by atomic mass is 79.9. The van der Waals surface area contributed by atoms with Gasteiger partial charge in [0.2, 0.25) is 0 Å². The number of allylic oxidation sites excluding steroid dienone is 2. The molecule has 11 rings (SSSR count). The van der Waals surface area contributed by atoms with E-state index in [1.54, 1.807) is 11.3 Å². The van der Waals surface area contributed by atoms with Crippen LogP contribution in [-0.2, 0) is 9.31 Å². The highest BCUT2D eigenvalue weighted by molar-refractivity contribution is 9.10. The van der Waals surface area contributed by atoms with Crippen molar-refractivity contribution in [2.24, 2.45) is 4.99 Å². The van der Waals surface area contributed by atoms with Crippen molar-refractivity contribution < 1.29 is 9.31 Å². The van der Waals surface area contributed by atoms with Crippen LogP contribution in [0, 0.1) is 6.92 Å². The van der Waals surface area contributed by atoms with Crippen LogP contribution in [0.5, 0.6) is 0 Å². The van der Waals surface area contributed by atoms with Gasteiger partial charge in [0.1, 0.15) is 11.6 Å². The number of rotatable bonds is 4. The average Bonchev–Trinajstić information content (AvgIpc) is 3.93. The minimum atomic E-state index is -0.295. The Kier molecular flexibility index (Phi) is 14.7. The highest BCUT2D eigenvalue weighted by Crippen LogP contribution is 2.38. The van der Waals surface area contributed by atoms with Crippen molar-refractivity contribution in [1.29, 1.82) is 0 Å². The third kappa shape index (κ3) is 10.8. The number of aromatic amines is 2. The molecule has 6 aromatic rings. The van der Waals surface area contributed by atoms with Crippen LogP contribution >= 0.6 is 39.0 Å². The fourth-order valence-electron chi connectivity index (χ4n) is 9.09. The molecule has 3 aromatic carbocycles. The molecule has 0 saturated carbocycles. The van der Waals surface area contributed by atoms with Crippen LogP contribution in [0.1, 0.15) is 102 Å². The third-order valence-electron chi connectivity index (χ3n) is 13.8. The van der Waals surface area contributed by atoms with Gasteiger partial charge in [-0.25, -0.2) is 15.0 Å². The lowest BCUT2D eigenvalue weighted by Gasteiger charge is -2.32. The predicted octanol–water partition coefficient (Wildman–Crippen LogP) is 9.62. The van der Waals surface area contributed by atoms with Gasteiger partial charge in [-0.05, 0) is 167 Å². The number of hydrogen-bond donors (Lipinski definition) is 2. The summed E-state index contributed by atoms with van der Waals surface area (Å²) >= 11 is 6.90. The van der Waals surface area contributed by atoms with Crippen molar-refractivity contribution in [3.05, 3.63) is 120 Å². The van der Waals surface area contributed by atoms with Gasteiger partial charge in [-0.1, -0.05) is 53.7 Å². The van der Waals surface area contributed by atoms with Crippen LogP contribution in [0.2, 0.25) is 0 Å². The van der Waals surface area contributed by atoms with Crippen molar-refractivity contribution in [3.8, 4) is 0 Å². The van der Waals surface area contributed by atoms with Gasteiger partial charge in [0.25, 0.3) is 11.1 Å². The fraction of sp³-hybridized carbons (Fsp3) is 0.451. The van der Waals surface area contributed by atoms with Gasteiger partial charge < -0.3 is 29.1 Å². The first-order valence-electron chi connectivity index (χ1n) is 22.9. The maximum atomic E-state index is 12.8. The maximum Gasteiger partial charge on any atom is 0.494 e. The van der Waals surface area contributed by atoms with E-state index < -0.39 is 0 Å². The lowest BCUT2D eigenvalue weighted by atomic mass is 9.79. The quantitative estimate of drug-likeness (QED) is 0.164. The average molecular weight is 1010 g/mol. The Balaban J connectivity index is 0.000000139. The van der Waals surface area contributed by atoms with Crippen molar-refractivity contribution in [2.75, 3.05) is 40.3 Å². The van der Waals surface area contributed by atoms with E-state index in [-0.39, 0.29) is 42.9 Å². The van der Waals surface area contributed by atoms with E-state index in [9.17, 15) is 9.59 Å². The van der Waals surface area contributed by atoms with Gasteiger partial charge in [-0.15, -0.1) is 23.1 Å². The number of halogens is 1. The first kappa shape index (κ1) is 49.1. The number of aliphatic imine (C=N–C) groups is 1. The second kappa shape index (κ2) is 20.0. The summed E-state index contributed by atoms with van der Waals surface area (Å²) in [6, 6.07) is 18.1. The summed E-state index contributed by atoms with van der Waals surface area (Å²) < 4.78 is 14.2. The molecule has 2 N–H and O–H groups in total. The smallest absolute Gasteiger partial charge is 0.399 e. The molecule has 3 fully saturated rings. The minimum Gasteiger partial charge on any atom is -0.399 e. The molecule has 1 aliphatic carbocycles. The number of nitrogens with one attached hydrogen (secondary N) is 2. The lowest BCUT2D eigenvalue weighted by Crippen LogP contribution is -2.41. The van der Waals surface area contributed by atoms with Gasteiger partial charge in [0.05, 0.1) is 64.6 Å². The van der Waals surface area contributed by atoms with E-state index >= 15 is 0 Å².